The number of carbonyl (C=O) groups is 1. The Hall–Kier alpha value is -2.03. The molecule has 0 spiro atoms. The number of unbranched alkanes of at least 4 members (excludes halogenated alkanes) is 1. The molecule has 2 aliphatic heterocycles. The van der Waals surface area contributed by atoms with Crippen LogP contribution >= 0.6 is 11.8 Å². The molecule has 2 aromatic rings. The molecular weight excluding hydrogens is 396 g/mol. The van der Waals surface area contributed by atoms with E-state index in [0.29, 0.717) is 0 Å². The van der Waals surface area contributed by atoms with Crippen LogP contribution in [-0.2, 0) is 4.79 Å². The molecule has 1 atom stereocenters. The number of amides is 1. The van der Waals surface area contributed by atoms with Gasteiger partial charge in [0.2, 0.25) is 5.91 Å². The molecule has 7 nitrogen and oxygen atoms in total. The molecule has 0 radical (unpaired) electrons. The molecule has 1 aromatic heterocycles. The van der Waals surface area contributed by atoms with Gasteiger partial charge in [0.25, 0.3) is 0 Å². The van der Waals surface area contributed by atoms with Gasteiger partial charge in [-0.15, -0.1) is 11.8 Å². The van der Waals surface area contributed by atoms with E-state index in [0.717, 1.165) is 81.7 Å². The van der Waals surface area contributed by atoms with Gasteiger partial charge in [0.1, 0.15) is 5.82 Å². The lowest BCUT2D eigenvalue weighted by Gasteiger charge is -2.36. The highest BCUT2D eigenvalue weighted by molar-refractivity contribution is 7.99. The predicted molar refractivity (Wildman–Crippen MR) is 123 cm³/mol. The lowest BCUT2D eigenvalue weighted by Crippen LogP contribution is -2.47. The van der Waals surface area contributed by atoms with Crippen molar-refractivity contribution >= 4 is 23.5 Å². The van der Waals surface area contributed by atoms with Crippen molar-refractivity contribution in [2.75, 3.05) is 55.8 Å². The standard InChI is InChI=1S/C22H32N6OS/c23-20(22(29)27-16-17-30-18-27)8-4-5-11-25-12-14-26(15-13-25)21-9-10-24-28(21)19-6-2-1-3-7-19/h1-3,6-7,9-10,20H,4-5,8,11-18,23H2/t20-/m0/s1. The van der Waals surface area contributed by atoms with Crippen LogP contribution in [0.1, 0.15) is 19.3 Å². The van der Waals surface area contributed by atoms with E-state index in [1.807, 2.05) is 45.7 Å². The van der Waals surface area contributed by atoms with E-state index >= 15 is 0 Å². The number of piperazine rings is 1. The summed E-state index contributed by atoms with van der Waals surface area (Å²) in [6.45, 7) is 6.04. The summed E-state index contributed by atoms with van der Waals surface area (Å²) < 4.78 is 2.02. The second-order valence-electron chi connectivity index (χ2n) is 8.01. The van der Waals surface area contributed by atoms with Gasteiger partial charge in [-0.2, -0.15) is 5.10 Å². The molecular formula is C22H32N6OS. The number of para-hydroxylation sites is 1. The quantitative estimate of drug-likeness (QED) is 0.649. The molecule has 0 unspecified atom stereocenters. The molecule has 162 valence electrons. The monoisotopic (exact) mass is 428 g/mol. The summed E-state index contributed by atoms with van der Waals surface area (Å²) in [5, 5.41) is 4.52. The normalized spacial score (nSPS) is 18.7. The van der Waals surface area contributed by atoms with Crippen LogP contribution in [0.25, 0.3) is 5.69 Å². The number of thioether (sulfide) groups is 1. The van der Waals surface area contributed by atoms with E-state index in [4.69, 9.17) is 5.73 Å². The zero-order valence-electron chi connectivity index (χ0n) is 17.5. The summed E-state index contributed by atoms with van der Waals surface area (Å²) in [6.07, 6.45) is 4.77. The first-order chi connectivity index (χ1) is 14.7. The minimum absolute atomic E-state index is 0.128. The fourth-order valence-corrected chi connectivity index (χ4v) is 5.11. The van der Waals surface area contributed by atoms with Gasteiger partial charge < -0.3 is 15.5 Å². The topological polar surface area (TPSA) is 70.6 Å². The maximum Gasteiger partial charge on any atom is 0.240 e. The van der Waals surface area contributed by atoms with Crippen molar-refractivity contribution < 1.29 is 4.79 Å². The number of aromatic nitrogens is 2. The van der Waals surface area contributed by atoms with Crippen LogP contribution in [0.15, 0.2) is 42.6 Å². The first-order valence-electron chi connectivity index (χ1n) is 10.9. The van der Waals surface area contributed by atoms with Crippen LogP contribution in [0, 0.1) is 0 Å². The van der Waals surface area contributed by atoms with Gasteiger partial charge >= 0.3 is 0 Å². The Morgan fingerprint density at radius 1 is 1.07 bits per heavy atom. The highest BCUT2D eigenvalue weighted by Crippen LogP contribution is 2.21. The lowest BCUT2D eigenvalue weighted by atomic mass is 10.1. The lowest BCUT2D eigenvalue weighted by molar-refractivity contribution is -0.131. The third-order valence-corrected chi connectivity index (χ3v) is 6.91. The fourth-order valence-electron chi connectivity index (χ4n) is 4.15. The molecule has 3 heterocycles. The van der Waals surface area contributed by atoms with Crippen molar-refractivity contribution in [2.24, 2.45) is 5.73 Å². The summed E-state index contributed by atoms with van der Waals surface area (Å²) in [6, 6.07) is 12.1. The average Bonchev–Trinajstić information content (AvgIpc) is 3.49. The Morgan fingerprint density at radius 2 is 1.87 bits per heavy atom. The van der Waals surface area contributed by atoms with Crippen molar-refractivity contribution in [3.05, 3.63) is 42.6 Å². The van der Waals surface area contributed by atoms with Crippen molar-refractivity contribution in [3.63, 3.8) is 0 Å². The summed E-state index contributed by atoms with van der Waals surface area (Å²) >= 11 is 1.81. The Kier molecular flexibility index (Phi) is 7.30. The van der Waals surface area contributed by atoms with E-state index in [1.54, 1.807) is 0 Å². The number of benzene rings is 1. The SMILES string of the molecule is N[C@@H](CCCCN1CCN(c2ccnn2-c2ccccc2)CC1)C(=O)N1CCSC1. The Bertz CT molecular complexity index is 799. The zero-order valence-corrected chi connectivity index (χ0v) is 18.3. The Labute approximate surface area is 183 Å². The number of rotatable bonds is 8. The first-order valence-corrected chi connectivity index (χ1v) is 12.1. The molecule has 30 heavy (non-hydrogen) atoms. The van der Waals surface area contributed by atoms with E-state index < -0.39 is 0 Å². The van der Waals surface area contributed by atoms with Crippen LogP contribution in [0.4, 0.5) is 5.82 Å². The number of anilines is 1. The zero-order chi connectivity index (χ0) is 20.8. The summed E-state index contributed by atoms with van der Waals surface area (Å²) in [5.74, 6) is 3.13. The molecule has 2 N–H and O–H groups in total. The molecule has 4 rings (SSSR count). The summed E-state index contributed by atoms with van der Waals surface area (Å²) in [4.78, 5) is 19.1. The molecule has 2 fully saturated rings. The number of carbonyl (C=O) groups excluding carboxylic acids is 1. The number of hydrogen-bond acceptors (Lipinski definition) is 6. The van der Waals surface area contributed by atoms with Crippen molar-refractivity contribution in [3.8, 4) is 5.69 Å². The van der Waals surface area contributed by atoms with Crippen molar-refractivity contribution in [1.29, 1.82) is 0 Å². The number of hydrogen-bond donors (Lipinski definition) is 1. The molecule has 0 saturated carbocycles. The minimum atomic E-state index is -0.334. The van der Waals surface area contributed by atoms with Gasteiger partial charge in [-0.05, 0) is 31.5 Å². The van der Waals surface area contributed by atoms with Gasteiger partial charge in [0.15, 0.2) is 0 Å². The largest absolute Gasteiger partial charge is 0.354 e. The fraction of sp³-hybridized carbons (Fsp3) is 0.545. The maximum absolute atomic E-state index is 12.3. The predicted octanol–water partition coefficient (Wildman–Crippen LogP) is 2.02. The molecule has 2 aliphatic rings. The molecule has 8 heteroatoms. The second kappa shape index (κ2) is 10.3. The summed E-state index contributed by atoms with van der Waals surface area (Å²) in [5.41, 5.74) is 7.22. The number of nitrogens with two attached hydrogens (primary N) is 1. The minimum Gasteiger partial charge on any atom is -0.354 e. The average molecular weight is 429 g/mol. The van der Waals surface area contributed by atoms with Gasteiger partial charge in [-0.1, -0.05) is 24.6 Å². The third-order valence-electron chi connectivity index (χ3n) is 5.94. The van der Waals surface area contributed by atoms with E-state index in [1.165, 1.54) is 0 Å². The van der Waals surface area contributed by atoms with Crippen LogP contribution in [0.5, 0.6) is 0 Å². The highest BCUT2D eigenvalue weighted by Gasteiger charge is 2.24. The smallest absolute Gasteiger partial charge is 0.240 e. The van der Waals surface area contributed by atoms with Crippen LogP contribution in [-0.4, -0.2) is 82.4 Å². The van der Waals surface area contributed by atoms with Gasteiger partial charge in [-0.25, -0.2) is 4.68 Å². The van der Waals surface area contributed by atoms with Crippen LogP contribution in [0.3, 0.4) is 0 Å². The van der Waals surface area contributed by atoms with E-state index in [2.05, 4.69) is 33.1 Å². The van der Waals surface area contributed by atoms with Crippen molar-refractivity contribution in [2.45, 2.75) is 25.3 Å². The van der Waals surface area contributed by atoms with Crippen molar-refractivity contribution in [1.82, 2.24) is 19.6 Å². The second-order valence-corrected chi connectivity index (χ2v) is 9.08. The van der Waals surface area contributed by atoms with Gasteiger partial charge in [0, 0.05) is 44.5 Å². The Morgan fingerprint density at radius 3 is 2.60 bits per heavy atom. The number of nitrogens with zero attached hydrogens (tertiary/aromatic N) is 5. The highest BCUT2D eigenvalue weighted by atomic mass is 32.2. The third kappa shape index (κ3) is 5.17. The molecule has 0 aliphatic carbocycles. The molecule has 2 saturated heterocycles. The van der Waals surface area contributed by atoms with Gasteiger partial charge in [0.05, 0.1) is 23.8 Å². The summed E-state index contributed by atoms with van der Waals surface area (Å²) in [7, 11) is 0. The van der Waals surface area contributed by atoms with Gasteiger partial charge in [-0.3, -0.25) is 9.69 Å². The maximum atomic E-state index is 12.3. The van der Waals surface area contributed by atoms with E-state index in [-0.39, 0.29) is 11.9 Å². The molecule has 1 amide bonds. The molecule has 1 aromatic carbocycles. The Balaban J connectivity index is 1.18. The molecule has 0 bridgehead atoms. The van der Waals surface area contributed by atoms with Crippen LogP contribution in [0.2, 0.25) is 0 Å². The van der Waals surface area contributed by atoms with E-state index in [9.17, 15) is 4.79 Å². The first kappa shape index (κ1) is 21.2. The van der Waals surface area contributed by atoms with Crippen LogP contribution < -0.4 is 10.6 Å².